The van der Waals surface area contributed by atoms with E-state index in [1.807, 2.05) is 58.3 Å². The summed E-state index contributed by atoms with van der Waals surface area (Å²) in [5.41, 5.74) is 3.27. The van der Waals surface area contributed by atoms with Crippen molar-refractivity contribution in [3.8, 4) is 0 Å². The molecular weight excluding hydrogens is 526 g/mol. The van der Waals surface area contributed by atoms with E-state index in [1.54, 1.807) is 15.9 Å². The average Bonchev–Trinajstić information content (AvgIpc) is 3.69. The second-order valence-corrected chi connectivity index (χ2v) is 9.06. The zero-order chi connectivity index (χ0) is 31.6. The molecule has 1 aromatic carbocycles. The van der Waals surface area contributed by atoms with Crippen LogP contribution in [0.3, 0.4) is 0 Å². The average molecular weight is 582 g/mol. The lowest BCUT2D eigenvalue weighted by Gasteiger charge is -2.33. The zero-order valence-corrected chi connectivity index (χ0v) is 27.2. The molecule has 3 heterocycles. The minimum absolute atomic E-state index is 0.115. The van der Waals surface area contributed by atoms with E-state index in [0.29, 0.717) is 6.47 Å². The summed E-state index contributed by atoms with van der Waals surface area (Å²) in [6, 6.07) is 10.2. The van der Waals surface area contributed by atoms with E-state index in [0.717, 1.165) is 50.2 Å². The van der Waals surface area contributed by atoms with Crippen molar-refractivity contribution >= 4 is 30.0 Å². The Bertz CT molecular complexity index is 1030. The molecule has 1 atom stereocenters. The molecule has 8 heteroatoms. The highest BCUT2D eigenvalue weighted by molar-refractivity contribution is 6.20. The Hall–Kier alpha value is -3.68. The Kier molecular flexibility index (Phi) is 22.9. The van der Waals surface area contributed by atoms with Crippen molar-refractivity contribution in [3.05, 3.63) is 67.0 Å². The first-order valence-corrected chi connectivity index (χ1v) is 15.6. The van der Waals surface area contributed by atoms with E-state index in [2.05, 4.69) is 59.4 Å². The molecule has 2 aromatic rings. The standard InChI is InChI=1S/C21H29N3O.C7H10N2.C2H4O2.2C2H6/c1-3-5-7-8-11-15-24-21(25)18-16-23(14-6-4-2)19-13-10-9-12-17(19)20(18)22-24;1-2-3-6-9-7-4-5-8-9;1-4-2-3;2*1-2/h4,9-10,12-13,18H,2-3,5-8,11,14-16H2,1H3;3-7H,2H2,1H3;2H,1H3;2*1-2H3/b;6-3+;;;. The van der Waals surface area contributed by atoms with Crippen LogP contribution in [-0.4, -0.2) is 59.6 Å². The summed E-state index contributed by atoms with van der Waals surface area (Å²) in [5, 5.41) is 10.4. The van der Waals surface area contributed by atoms with Crippen LogP contribution >= 0.6 is 0 Å². The van der Waals surface area contributed by atoms with Crippen LogP contribution in [0.4, 0.5) is 5.69 Å². The van der Waals surface area contributed by atoms with Gasteiger partial charge in [0.25, 0.3) is 12.4 Å². The maximum atomic E-state index is 12.9. The molecule has 1 aromatic heterocycles. The molecule has 1 unspecified atom stereocenters. The normalized spacial score (nSPS) is 14.3. The van der Waals surface area contributed by atoms with Gasteiger partial charge in [-0.1, -0.05) is 97.6 Å². The van der Waals surface area contributed by atoms with Gasteiger partial charge in [-0.25, -0.2) is 9.69 Å². The van der Waals surface area contributed by atoms with E-state index in [9.17, 15) is 4.79 Å². The van der Waals surface area contributed by atoms with Crippen LogP contribution in [0.15, 0.2) is 66.6 Å². The van der Waals surface area contributed by atoms with Crippen LogP contribution in [0.25, 0.3) is 6.20 Å². The third-order valence-electron chi connectivity index (χ3n) is 6.23. The van der Waals surface area contributed by atoms with E-state index in [4.69, 9.17) is 9.90 Å². The highest BCUT2D eigenvalue weighted by atomic mass is 16.5. The molecule has 0 bridgehead atoms. The van der Waals surface area contributed by atoms with Crippen LogP contribution in [-0.2, 0) is 14.3 Å². The number of hydrogen-bond acceptors (Lipinski definition) is 6. The number of nitrogens with zero attached hydrogens (tertiary/aromatic N) is 5. The van der Waals surface area contributed by atoms with Crippen molar-refractivity contribution in [1.29, 1.82) is 0 Å². The number of benzene rings is 1. The van der Waals surface area contributed by atoms with Gasteiger partial charge >= 0.3 is 0 Å². The molecule has 2 aliphatic rings. The number of rotatable bonds is 12. The minimum Gasteiger partial charge on any atom is -0.471 e. The maximum absolute atomic E-state index is 12.9. The zero-order valence-electron chi connectivity index (χ0n) is 27.2. The SMILES string of the molecule is C=CCCN1CC2C(=O)N(CCCCCCC)N=C2c2ccccc21.CC.CC.CC/C=C/n1cccn1.COC=O. The topological polar surface area (TPSA) is 80.0 Å². The largest absolute Gasteiger partial charge is 0.471 e. The molecule has 0 fully saturated rings. The Labute approximate surface area is 255 Å². The summed E-state index contributed by atoms with van der Waals surface area (Å²) in [6.45, 7) is 18.9. The monoisotopic (exact) mass is 581 g/mol. The number of carbonyl (C=O) groups is 2. The van der Waals surface area contributed by atoms with Crippen molar-refractivity contribution in [2.45, 2.75) is 86.5 Å². The predicted octanol–water partition coefficient (Wildman–Crippen LogP) is 7.82. The van der Waals surface area contributed by atoms with Crippen LogP contribution in [0, 0.1) is 5.92 Å². The molecule has 0 saturated heterocycles. The lowest BCUT2D eigenvalue weighted by atomic mass is 9.90. The molecule has 0 N–H and O–H groups in total. The second kappa shape index (κ2) is 25.1. The van der Waals surface area contributed by atoms with Crippen molar-refractivity contribution in [1.82, 2.24) is 14.8 Å². The van der Waals surface area contributed by atoms with Crippen LogP contribution in [0.5, 0.6) is 0 Å². The number of methoxy groups -OCH3 is 1. The number of hydrogen-bond donors (Lipinski definition) is 0. The molecular formula is C34H55N5O3. The van der Waals surface area contributed by atoms with Crippen molar-refractivity contribution in [3.63, 3.8) is 0 Å². The third kappa shape index (κ3) is 13.3. The fourth-order valence-corrected chi connectivity index (χ4v) is 4.30. The van der Waals surface area contributed by atoms with Gasteiger partial charge in [0.2, 0.25) is 0 Å². The van der Waals surface area contributed by atoms with E-state index in [-0.39, 0.29) is 11.8 Å². The van der Waals surface area contributed by atoms with Gasteiger partial charge in [-0.15, -0.1) is 6.58 Å². The second-order valence-electron chi connectivity index (χ2n) is 9.06. The molecule has 0 radical (unpaired) electrons. The van der Waals surface area contributed by atoms with Crippen molar-refractivity contribution in [2.75, 3.05) is 31.6 Å². The van der Waals surface area contributed by atoms with Gasteiger partial charge in [-0.05, 0) is 31.4 Å². The maximum Gasteiger partial charge on any atom is 0.292 e. The number of allylic oxidation sites excluding steroid dienone is 1. The van der Waals surface area contributed by atoms with Gasteiger partial charge in [0, 0.05) is 49.5 Å². The van der Waals surface area contributed by atoms with Gasteiger partial charge in [0.15, 0.2) is 0 Å². The fraction of sp³-hybridized carbons (Fsp3) is 0.529. The summed E-state index contributed by atoms with van der Waals surface area (Å²) in [6.07, 6.45) is 17.6. The fourth-order valence-electron chi connectivity index (χ4n) is 4.30. The first-order chi connectivity index (χ1) is 20.6. The minimum atomic E-state index is -0.115. The van der Waals surface area contributed by atoms with Crippen LogP contribution in [0.1, 0.15) is 92.1 Å². The number of anilines is 1. The Morgan fingerprint density at radius 2 is 1.71 bits per heavy atom. The first-order valence-electron chi connectivity index (χ1n) is 15.6. The third-order valence-corrected chi connectivity index (χ3v) is 6.23. The number of carbonyl (C=O) groups excluding carboxylic acids is 2. The molecule has 8 nitrogen and oxygen atoms in total. The Morgan fingerprint density at radius 1 is 1.02 bits per heavy atom. The van der Waals surface area contributed by atoms with Crippen LogP contribution in [0.2, 0.25) is 0 Å². The molecule has 0 spiro atoms. The van der Waals surface area contributed by atoms with E-state index in [1.165, 1.54) is 38.5 Å². The Morgan fingerprint density at radius 3 is 2.31 bits per heavy atom. The summed E-state index contributed by atoms with van der Waals surface area (Å²) in [4.78, 5) is 24.1. The van der Waals surface area contributed by atoms with E-state index >= 15 is 0 Å². The van der Waals surface area contributed by atoms with Gasteiger partial charge in [-0.2, -0.15) is 10.2 Å². The highest BCUT2D eigenvalue weighted by Crippen LogP contribution is 2.34. The van der Waals surface area contributed by atoms with Crippen molar-refractivity contribution in [2.24, 2.45) is 11.0 Å². The first kappa shape index (κ1) is 38.3. The smallest absolute Gasteiger partial charge is 0.292 e. The number of ether oxygens (including phenoxy) is 1. The number of unbranched alkanes of at least 4 members (excludes halogenated alkanes) is 4. The Balaban J connectivity index is 0.000000816. The molecule has 42 heavy (non-hydrogen) atoms. The van der Waals surface area contributed by atoms with Gasteiger partial charge in [0.05, 0.1) is 12.8 Å². The molecule has 0 saturated carbocycles. The summed E-state index contributed by atoms with van der Waals surface area (Å²) in [5.74, 6) is 0.0546. The molecule has 4 rings (SSSR count). The summed E-state index contributed by atoms with van der Waals surface area (Å²) >= 11 is 0. The molecule has 0 aliphatic carbocycles. The number of fused-ring (bicyclic) bond motifs is 3. The van der Waals surface area contributed by atoms with Crippen molar-refractivity contribution < 1.29 is 14.3 Å². The number of amides is 1. The molecule has 2 aliphatic heterocycles. The summed E-state index contributed by atoms with van der Waals surface area (Å²) in [7, 11) is 1.31. The van der Waals surface area contributed by atoms with Gasteiger partial charge in [0.1, 0.15) is 5.92 Å². The summed E-state index contributed by atoms with van der Waals surface area (Å²) < 4.78 is 5.64. The van der Waals surface area contributed by atoms with Gasteiger partial charge < -0.3 is 9.64 Å². The van der Waals surface area contributed by atoms with Crippen LogP contribution < -0.4 is 4.90 Å². The van der Waals surface area contributed by atoms with E-state index < -0.39 is 0 Å². The number of aromatic nitrogens is 2. The number of para-hydroxylation sites is 1. The molecule has 234 valence electrons. The number of hydrazone groups is 1. The predicted molar refractivity (Wildman–Crippen MR) is 178 cm³/mol. The highest BCUT2D eigenvalue weighted by Gasteiger charge is 2.41. The van der Waals surface area contributed by atoms with Gasteiger partial charge in [-0.3, -0.25) is 9.59 Å². The lowest BCUT2D eigenvalue weighted by molar-refractivity contribution is -0.131. The lowest BCUT2D eigenvalue weighted by Crippen LogP contribution is -2.42. The quantitative estimate of drug-likeness (QED) is 0.145. The molecule has 1 amide bonds.